The van der Waals surface area contributed by atoms with Crippen molar-refractivity contribution >= 4 is 0 Å². The molecule has 1 heterocycles. The van der Waals surface area contributed by atoms with E-state index in [1.807, 2.05) is 0 Å². The maximum Gasteiger partial charge on any atom is 0.0871 e. The quantitative estimate of drug-likeness (QED) is 0.545. The van der Waals surface area contributed by atoms with E-state index in [2.05, 4.69) is 38.0 Å². The van der Waals surface area contributed by atoms with E-state index in [0.717, 1.165) is 26.1 Å². The van der Waals surface area contributed by atoms with E-state index in [0.29, 0.717) is 12.0 Å². The molecule has 1 aliphatic heterocycles. The predicted octanol–water partition coefficient (Wildman–Crippen LogP) is 0.974. The molecule has 3 unspecified atom stereocenters. The van der Waals surface area contributed by atoms with Gasteiger partial charge >= 0.3 is 0 Å². The Labute approximate surface area is 99.5 Å². The van der Waals surface area contributed by atoms with Crippen LogP contribution in [-0.4, -0.2) is 42.8 Å². The predicted molar refractivity (Wildman–Crippen MR) is 67.0 cm³/mol. The molecule has 0 aliphatic carbocycles. The van der Waals surface area contributed by atoms with Gasteiger partial charge in [0.2, 0.25) is 0 Å². The van der Waals surface area contributed by atoms with Gasteiger partial charge in [-0.05, 0) is 19.8 Å². The van der Waals surface area contributed by atoms with Crippen LogP contribution < -0.4 is 11.3 Å². The van der Waals surface area contributed by atoms with Crippen molar-refractivity contribution in [3.8, 4) is 0 Å². The largest absolute Gasteiger partial charge is 0.374 e. The molecule has 0 saturated carbocycles. The Bertz CT molecular complexity index is 199. The number of rotatable bonds is 5. The third-order valence-corrected chi connectivity index (χ3v) is 3.71. The molecule has 96 valence electrons. The minimum Gasteiger partial charge on any atom is -0.374 e. The molecule has 4 nitrogen and oxygen atoms in total. The topological polar surface area (TPSA) is 50.5 Å². The van der Waals surface area contributed by atoms with E-state index < -0.39 is 0 Å². The van der Waals surface area contributed by atoms with Crippen LogP contribution in [0.3, 0.4) is 0 Å². The summed E-state index contributed by atoms with van der Waals surface area (Å²) >= 11 is 0. The van der Waals surface area contributed by atoms with Crippen molar-refractivity contribution in [3.05, 3.63) is 0 Å². The molecular weight excluding hydrogens is 202 g/mol. The van der Waals surface area contributed by atoms with Crippen molar-refractivity contribution in [1.29, 1.82) is 0 Å². The van der Waals surface area contributed by atoms with Crippen LogP contribution in [0.2, 0.25) is 0 Å². The fraction of sp³-hybridized carbons (Fsp3) is 1.00. The average Bonchev–Trinajstić information content (AvgIpc) is 2.30. The van der Waals surface area contributed by atoms with Gasteiger partial charge in [0.1, 0.15) is 0 Å². The van der Waals surface area contributed by atoms with Crippen molar-refractivity contribution in [1.82, 2.24) is 10.3 Å². The summed E-state index contributed by atoms with van der Waals surface area (Å²) in [4.78, 5) is 2.46. The number of hydrogen-bond acceptors (Lipinski definition) is 4. The lowest BCUT2D eigenvalue weighted by atomic mass is 9.93. The second-order valence-corrected chi connectivity index (χ2v) is 5.08. The zero-order valence-corrected chi connectivity index (χ0v) is 11.1. The summed E-state index contributed by atoms with van der Waals surface area (Å²) in [5.74, 6) is 6.20. The van der Waals surface area contributed by atoms with Crippen LogP contribution in [0.25, 0.3) is 0 Å². The molecule has 3 N–H and O–H groups in total. The van der Waals surface area contributed by atoms with Gasteiger partial charge < -0.3 is 4.74 Å². The first-order valence-corrected chi connectivity index (χ1v) is 6.41. The first kappa shape index (κ1) is 13.9. The van der Waals surface area contributed by atoms with Gasteiger partial charge in [0.05, 0.1) is 18.8 Å². The highest BCUT2D eigenvalue weighted by Gasteiger charge is 2.31. The van der Waals surface area contributed by atoms with Gasteiger partial charge in [-0.3, -0.25) is 16.2 Å². The lowest BCUT2D eigenvalue weighted by Crippen LogP contribution is -2.57. The van der Waals surface area contributed by atoms with Gasteiger partial charge in [0.15, 0.2) is 0 Å². The Morgan fingerprint density at radius 2 is 2.12 bits per heavy atom. The highest BCUT2D eigenvalue weighted by atomic mass is 16.5. The van der Waals surface area contributed by atoms with Gasteiger partial charge in [-0.1, -0.05) is 20.3 Å². The van der Waals surface area contributed by atoms with Crippen LogP contribution in [0.15, 0.2) is 0 Å². The van der Waals surface area contributed by atoms with E-state index in [-0.39, 0.29) is 12.1 Å². The Kier molecular flexibility index (Phi) is 5.69. The zero-order chi connectivity index (χ0) is 12.1. The van der Waals surface area contributed by atoms with Crippen LogP contribution >= 0.6 is 0 Å². The minimum atomic E-state index is 0.219. The highest BCUT2D eigenvalue weighted by Crippen LogP contribution is 2.18. The van der Waals surface area contributed by atoms with E-state index in [9.17, 15) is 0 Å². The van der Waals surface area contributed by atoms with Gasteiger partial charge in [0.25, 0.3) is 0 Å². The lowest BCUT2D eigenvalue weighted by molar-refractivity contribution is -0.0638. The summed E-state index contributed by atoms with van der Waals surface area (Å²) in [6.07, 6.45) is 1.34. The van der Waals surface area contributed by atoms with Crippen molar-refractivity contribution in [2.75, 3.05) is 19.7 Å². The fourth-order valence-corrected chi connectivity index (χ4v) is 2.27. The summed E-state index contributed by atoms with van der Waals surface area (Å²) < 4.78 is 5.85. The Hall–Kier alpha value is -0.160. The molecule has 0 aromatic rings. The molecule has 0 amide bonds. The number of nitrogens with zero attached hydrogens (tertiary/aromatic N) is 1. The first-order valence-electron chi connectivity index (χ1n) is 6.41. The number of morpholine rings is 1. The molecular formula is C12H27N3O. The molecule has 0 spiro atoms. The van der Waals surface area contributed by atoms with Crippen LogP contribution in [-0.2, 0) is 4.74 Å². The second kappa shape index (κ2) is 6.55. The minimum absolute atomic E-state index is 0.219. The van der Waals surface area contributed by atoms with Gasteiger partial charge in [-0.25, -0.2) is 0 Å². The van der Waals surface area contributed by atoms with E-state index in [1.54, 1.807) is 0 Å². The van der Waals surface area contributed by atoms with Crippen LogP contribution in [0, 0.1) is 5.92 Å². The van der Waals surface area contributed by atoms with E-state index >= 15 is 0 Å². The van der Waals surface area contributed by atoms with E-state index in [4.69, 9.17) is 10.6 Å². The molecule has 1 aliphatic rings. The summed E-state index contributed by atoms with van der Waals surface area (Å²) in [5, 5.41) is 0. The summed E-state index contributed by atoms with van der Waals surface area (Å²) in [7, 11) is 0. The smallest absolute Gasteiger partial charge is 0.0871 e. The molecule has 1 fully saturated rings. The second-order valence-electron chi connectivity index (χ2n) is 5.08. The third-order valence-electron chi connectivity index (χ3n) is 3.71. The summed E-state index contributed by atoms with van der Waals surface area (Å²) in [6, 6.07) is 0.841. The van der Waals surface area contributed by atoms with Gasteiger partial charge in [-0.15, -0.1) is 0 Å². The van der Waals surface area contributed by atoms with Gasteiger partial charge in [-0.2, -0.15) is 0 Å². The first-order chi connectivity index (χ1) is 7.60. The molecule has 0 aromatic heterocycles. The molecule has 1 rings (SSSR count). The van der Waals surface area contributed by atoms with Crippen LogP contribution in [0.4, 0.5) is 0 Å². The molecule has 16 heavy (non-hydrogen) atoms. The van der Waals surface area contributed by atoms with Crippen molar-refractivity contribution in [2.24, 2.45) is 11.8 Å². The molecule has 3 atom stereocenters. The van der Waals surface area contributed by atoms with Crippen molar-refractivity contribution in [3.63, 3.8) is 0 Å². The number of nitrogens with one attached hydrogen (secondary N) is 1. The third kappa shape index (κ3) is 3.42. The standard InChI is InChI=1S/C12H27N3O/c1-5-10(4)12(14-13)11-8-15(9(2)3)6-7-16-11/h9-12,14H,5-8,13H2,1-4H3. The monoisotopic (exact) mass is 229 g/mol. The Balaban J connectivity index is 2.56. The average molecular weight is 229 g/mol. The number of ether oxygens (including phenoxy) is 1. The molecule has 0 bridgehead atoms. The molecule has 0 aromatic carbocycles. The Morgan fingerprint density at radius 3 is 2.62 bits per heavy atom. The summed E-state index contributed by atoms with van der Waals surface area (Å²) in [5.41, 5.74) is 2.93. The molecule has 1 saturated heterocycles. The molecule has 4 heteroatoms. The fourth-order valence-electron chi connectivity index (χ4n) is 2.27. The van der Waals surface area contributed by atoms with Crippen molar-refractivity contribution in [2.45, 2.75) is 52.3 Å². The van der Waals surface area contributed by atoms with Crippen LogP contribution in [0.5, 0.6) is 0 Å². The van der Waals surface area contributed by atoms with Crippen molar-refractivity contribution < 1.29 is 4.74 Å². The highest BCUT2D eigenvalue weighted by molar-refractivity contribution is 4.85. The SMILES string of the molecule is CCC(C)C(NN)C1CN(C(C)C)CCO1. The maximum atomic E-state index is 5.85. The van der Waals surface area contributed by atoms with Gasteiger partial charge in [0, 0.05) is 19.1 Å². The number of hydrogen-bond donors (Lipinski definition) is 2. The normalized spacial score (nSPS) is 27.0. The summed E-state index contributed by atoms with van der Waals surface area (Å²) in [6.45, 7) is 11.7. The lowest BCUT2D eigenvalue weighted by Gasteiger charge is -2.40. The number of hydrazine groups is 1. The van der Waals surface area contributed by atoms with E-state index in [1.165, 1.54) is 0 Å². The Morgan fingerprint density at radius 1 is 1.44 bits per heavy atom. The molecule has 0 radical (unpaired) electrons. The zero-order valence-electron chi connectivity index (χ0n) is 11.1. The maximum absolute atomic E-state index is 5.85. The van der Waals surface area contributed by atoms with Crippen LogP contribution in [0.1, 0.15) is 34.1 Å². The number of nitrogens with two attached hydrogens (primary N) is 1.